The summed E-state index contributed by atoms with van der Waals surface area (Å²) in [6.45, 7) is 0.615. The molecule has 3 N–H and O–H groups in total. The summed E-state index contributed by atoms with van der Waals surface area (Å²) in [5, 5.41) is 13.3. The minimum absolute atomic E-state index is 0.117. The normalized spacial score (nSPS) is 10.6. The molecule has 0 saturated carbocycles. The van der Waals surface area contributed by atoms with Crippen LogP contribution in [0.5, 0.6) is 0 Å². The first-order valence-electron chi connectivity index (χ1n) is 6.73. The van der Waals surface area contributed by atoms with Gasteiger partial charge in [0.2, 0.25) is 5.91 Å². The molecule has 0 spiro atoms. The lowest BCUT2D eigenvalue weighted by Crippen LogP contribution is -2.13. The van der Waals surface area contributed by atoms with Gasteiger partial charge in [-0.2, -0.15) is 0 Å². The molecule has 0 atom stereocenters. The molecule has 2 aromatic rings. The Bertz CT molecular complexity index is 586. The molecule has 21 heavy (non-hydrogen) atoms. The summed E-state index contributed by atoms with van der Waals surface area (Å²) in [4.78, 5) is 11.8. The molecular weight excluding hydrogens is 275 g/mol. The van der Waals surface area contributed by atoms with E-state index in [1.54, 1.807) is 0 Å². The summed E-state index contributed by atoms with van der Waals surface area (Å²) < 4.78 is 15.1. The Morgan fingerprint density at radius 1 is 1.33 bits per heavy atom. The van der Waals surface area contributed by atoms with Gasteiger partial charge in [0, 0.05) is 6.42 Å². The van der Waals surface area contributed by atoms with Crippen LogP contribution in [0.2, 0.25) is 0 Å². The Kier molecular flexibility index (Phi) is 5.33. The van der Waals surface area contributed by atoms with E-state index in [4.69, 9.17) is 5.73 Å². The smallest absolute Gasteiger partial charge is 0.224 e. The van der Waals surface area contributed by atoms with E-state index in [0.717, 1.165) is 19.3 Å². The minimum Gasteiger partial charge on any atom is -0.330 e. The van der Waals surface area contributed by atoms with Crippen LogP contribution in [0.3, 0.4) is 0 Å². The Morgan fingerprint density at radius 3 is 2.90 bits per heavy atom. The number of benzene rings is 1. The zero-order valence-corrected chi connectivity index (χ0v) is 11.5. The largest absolute Gasteiger partial charge is 0.330 e. The lowest BCUT2D eigenvalue weighted by molar-refractivity contribution is -0.116. The Hall–Kier alpha value is -2.35. The third-order valence-electron chi connectivity index (χ3n) is 2.95. The number of halogens is 1. The van der Waals surface area contributed by atoms with Gasteiger partial charge in [-0.15, -0.1) is 5.10 Å². The number of hydrogen-bond donors (Lipinski definition) is 2. The van der Waals surface area contributed by atoms with E-state index < -0.39 is 5.82 Å². The summed E-state index contributed by atoms with van der Waals surface area (Å²) in [7, 11) is 0. The fourth-order valence-electron chi connectivity index (χ4n) is 1.85. The van der Waals surface area contributed by atoms with Gasteiger partial charge in [0.25, 0.3) is 0 Å². The van der Waals surface area contributed by atoms with Crippen molar-refractivity contribution in [2.45, 2.75) is 25.7 Å². The number of tetrazole rings is 1. The summed E-state index contributed by atoms with van der Waals surface area (Å²) in [6, 6.07) is 4.28. The SMILES string of the molecule is NCCCCCC(=O)Nc1cc(-n2cnnn2)ccc1F. The highest BCUT2D eigenvalue weighted by Crippen LogP contribution is 2.18. The van der Waals surface area contributed by atoms with Crippen molar-refractivity contribution in [1.29, 1.82) is 0 Å². The van der Waals surface area contributed by atoms with Crippen LogP contribution in [-0.2, 0) is 4.79 Å². The van der Waals surface area contributed by atoms with Crippen LogP contribution in [0, 0.1) is 5.82 Å². The number of rotatable bonds is 7. The first kappa shape index (κ1) is 15.0. The van der Waals surface area contributed by atoms with Crippen LogP contribution in [0.15, 0.2) is 24.5 Å². The number of anilines is 1. The number of nitrogens with zero attached hydrogens (tertiary/aromatic N) is 4. The standard InChI is InChI=1S/C13H17FN6O/c14-11-6-5-10(20-9-16-18-19-20)8-12(11)17-13(21)4-2-1-3-7-15/h5-6,8-9H,1-4,7,15H2,(H,17,21). The van der Waals surface area contributed by atoms with Gasteiger partial charge in [-0.05, 0) is 48.0 Å². The number of amides is 1. The van der Waals surface area contributed by atoms with E-state index in [0.29, 0.717) is 18.7 Å². The second-order valence-electron chi connectivity index (χ2n) is 4.57. The van der Waals surface area contributed by atoms with Crippen LogP contribution in [0.25, 0.3) is 5.69 Å². The van der Waals surface area contributed by atoms with Gasteiger partial charge in [0.1, 0.15) is 12.1 Å². The number of carbonyl (C=O) groups is 1. The van der Waals surface area contributed by atoms with Crippen molar-refractivity contribution in [1.82, 2.24) is 20.2 Å². The molecule has 0 aliphatic heterocycles. The van der Waals surface area contributed by atoms with Crippen molar-refractivity contribution in [2.75, 3.05) is 11.9 Å². The summed E-state index contributed by atoms with van der Waals surface area (Å²) in [5.41, 5.74) is 6.07. The van der Waals surface area contributed by atoms with Gasteiger partial charge < -0.3 is 11.1 Å². The fraction of sp³-hybridized carbons (Fsp3) is 0.385. The monoisotopic (exact) mass is 292 g/mol. The number of nitrogens with one attached hydrogen (secondary N) is 1. The molecule has 0 bridgehead atoms. The van der Waals surface area contributed by atoms with E-state index in [2.05, 4.69) is 20.8 Å². The Morgan fingerprint density at radius 2 is 2.19 bits per heavy atom. The van der Waals surface area contributed by atoms with Crippen LogP contribution < -0.4 is 11.1 Å². The lowest BCUT2D eigenvalue weighted by Gasteiger charge is -2.08. The van der Waals surface area contributed by atoms with Gasteiger partial charge >= 0.3 is 0 Å². The summed E-state index contributed by atoms with van der Waals surface area (Å²) in [5.74, 6) is -0.720. The van der Waals surface area contributed by atoms with Crippen LogP contribution in [0.4, 0.5) is 10.1 Å². The first-order valence-corrected chi connectivity index (χ1v) is 6.73. The highest BCUT2D eigenvalue weighted by Gasteiger charge is 2.09. The van der Waals surface area contributed by atoms with Gasteiger partial charge in [0.05, 0.1) is 11.4 Å². The molecule has 0 unspecified atom stereocenters. The molecule has 0 saturated heterocycles. The quantitative estimate of drug-likeness (QED) is 0.748. The molecule has 1 amide bonds. The highest BCUT2D eigenvalue weighted by atomic mass is 19.1. The zero-order valence-electron chi connectivity index (χ0n) is 11.5. The molecule has 8 heteroatoms. The van der Waals surface area contributed by atoms with Crippen molar-refractivity contribution in [3.63, 3.8) is 0 Å². The third kappa shape index (κ3) is 4.32. The van der Waals surface area contributed by atoms with E-state index >= 15 is 0 Å². The molecule has 0 aliphatic rings. The molecule has 1 aromatic heterocycles. The van der Waals surface area contributed by atoms with E-state index in [-0.39, 0.29) is 11.6 Å². The number of hydrogen-bond acceptors (Lipinski definition) is 5. The average Bonchev–Trinajstić information content (AvgIpc) is 3.00. The predicted octanol–water partition coefficient (Wildman–Crippen LogP) is 1.26. The molecule has 0 radical (unpaired) electrons. The Labute approximate surface area is 121 Å². The van der Waals surface area contributed by atoms with Crippen molar-refractivity contribution < 1.29 is 9.18 Å². The van der Waals surface area contributed by atoms with E-state index in [1.807, 2.05) is 0 Å². The third-order valence-corrected chi connectivity index (χ3v) is 2.95. The maximum absolute atomic E-state index is 13.7. The van der Waals surface area contributed by atoms with Gasteiger partial charge in [0.15, 0.2) is 0 Å². The van der Waals surface area contributed by atoms with Crippen LogP contribution in [-0.4, -0.2) is 32.7 Å². The van der Waals surface area contributed by atoms with Crippen molar-refractivity contribution in [3.05, 3.63) is 30.3 Å². The highest BCUT2D eigenvalue weighted by molar-refractivity contribution is 5.91. The molecular formula is C13H17FN6O. The van der Waals surface area contributed by atoms with Crippen molar-refractivity contribution in [2.24, 2.45) is 5.73 Å². The maximum Gasteiger partial charge on any atom is 0.224 e. The van der Waals surface area contributed by atoms with E-state index in [1.165, 1.54) is 29.2 Å². The molecule has 1 heterocycles. The van der Waals surface area contributed by atoms with Crippen LogP contribution in [0.1, 0.15) is 25.7 Å². The second-order valence-corrected chi connectivity index (χ2v) is 4.57. The number of carbonyl (C=O) groups excluding carboxylic acids is 1. The molecule has 7 nitrogen and oxygen atoms in total. The van der Waals surface area contributed by atoms with Crippen molar-refractivity contribution >= 4 is 11.6 Å². The number of nitrogens with two attached hydrogens (primary N) is 1. The summed E-state index contributed by atoms with van der Waals surface area (Å²) >= 11 is 0. The van der Waals surface area contributed by atoms with Gasteiger partial charge in [-0.25, -0.2) is 9.07 Å². The minimum atomic E-state index is -0.498. The topological polar surface area (TPSA) is 98.7 Å². The van der Waals surface area contributed by atoms with Crippen molar-refractivity contribution in [3.8, 4) is 5.69 Å². The second kappa shape index (κ2) is 7.44. The molecule has 1 aromatic carbocycles. The summed E-state index contributed by atoms with van der Waals surface area (Å²) in [6.07, 6.45) is 4.24. The first-order chi connectivity index (χ1) is 10.2. The van der Waals surface area contributed by atoms with E-state index in [9.17, 15) is 9.18 Å². The van der Waals surface area contributed by atoms with Crippen LogP contribution >= 0.6 is 0 Å². The number of aromatic nitrogens is 4. The molecule has 2 rings (SSSR count). The predicted molar refractivity (Wildman–Crippen MR) is 75.3 cm³/mol. The van der Waals surface area contributed by atoms with Gasteiger partial charge in [-0.3, -0.25) is 4.79 Å². The Balaban J connectivity index is 1.99. The molecule has 112 valence electrons. The average molecular weight is 292 g/mol. The fourth-order valence-corrected chi connectivity index (χ4v) is 1.85. The number of unbranched alkanes of at least 4 members (excludes halogenated alkanes) is 2. The lowest BCUT2D eigenvalue weighted by atomic mass is 10.2. The van der Waals surface area contributed by atoms with Gasteiger partial charge in [-0.1, -0.05) is 6.42 Å². The molecule has 0 fully saturated rings. The zero-order chi connectivity index (χ0) is 15.1. The maximum atomic E-state index is 13.7. The molecule has 0 aliphatic carbocycles.